The summed E-state index contributed by atoms with van der Waals surface area (Å²) in [5.74, 6) is -0.349. The summed E-state index contributed by atoms with van der Waals surface area (Å²) in [6.45, 7) is 1.81. The molecule has 0 saturated carbocycles. The standard InChI is InChI=1S/C24H16Cl3N3O/c1-14(15-6-8-16(25)9-7-15)29-30-24(31)20-13-23(19-11-10-17(26)12-21(19)27)28-22-5-3-2-4-18(20)22/h2-13H,1H3,(H,30,31). The van der Waals surface area contributed by atoms with Crippen LogP contribution >= 0.6 is 34.8 Å². The summed E-state index contributed by atoms with van der Waals surface area (Å²) in [6.07, 6.45) is 0. The number of aromatic nitrogens is 1. The highest BCUT2D eigenvalue weighted by molar-refractivity contribution is 6.36. The fourth-order valence-corrected chi connectivity index (χ4v) is 3.78. The van der Waals surface area contributed by atoms with Crippen LogP contribution in [-0.4, -0.2) is 16.6 Å². The third kappa shape index (κ3) is 4.72. The summed E-state index contributed by atoms with van der Waals surface area (Å²) < 4.78 is 0. The molecule has 0 aliphatic heterocycles. The minimum absolute atomic E-state index is 0.349. The number of halogens is 3. The number of nitrogens with one attached hydrogen (secondary N) is 1. The van der Waals surface area contributed by atoms with Crippen LogP contribution in [0.5, 0.6) is 0 Å². The predicted molar refractivity (Wildman–Crippen MR) is 128 cm³/mol. The van der Waals surface area contributed by atoms with Gasteiger partial charge in [-0.05, 0) is 55.0 Å². The number of para-hydroxylation sites is 1. The van der Waals surface area contributed by atoms with E-state index in [9.17, 15) is 4.79 Å². The fraction of sp³-hybridized carbons (Fsp3) is 0.0417. The number of carbonyl (C=O) groups excluding carboxylic acids is 1. The Morgan fingerprint density at radius 3 is 2.35 bits per heavy atom. The SMILES string of the molecule is CC(=NNC(=O)c1cc(-c2ccc(Cl)cc2Cl)nc2ccccc12)c1ccc(Cl)cc1. The molecule has 154 valence electrons. The zero-order valence-corrected chi connectivity index (χ0v) is 18.6. The molecule has 3 aromatic carbocycles. The Morgan fingerprint density at radius 2 is 1.61 bits per heavy atom. The molecule has 31 heavy (non-hydrogen) atoms. The van der Waals surface area contributed by atoms with Crippen LogP contribution in [0.1, 0.15) is 22.8 Å². The Hall–Kier alpha value is -2.92. The van der Waals surface area contributed by atoms with Crippen molar-refractivity contribution in [3.05, 3.63) is 99.0 Å². The second kappa shape index (κ2) is 9.06. The van der Waals surface area contributed by atoms with Crippen molar-refractivity contribution in [1.29, 1.82) is 0 Å². The van der Waals surface area contributed by atoms with Gasteiger partial charge in [0.25, 0.3) is 5.91 Å². The molecule has 1 amide bonds. The molecule has 0 fully saturated rings. The van der Waals surface area contributed by atoms with E-state index in [1.807, 2.05) is 43.3 Å². The summed E-state index contributed by atoms with van der Waals surface area (Å²) in [5, 5.41) is 6.59. The van der Waals surface area contributed by atoms with Crippen LogP contribution in [-0.2, 0) is 0 Å². The minimum Gasteiger partial charge on any atom is -0.267 e. The van der Waals surface area contributed by atoms with Gasteiger partial charge in [0.2, 0.25) is 0 Å². The molecular weight excluding hydrogens is 453 g/mol. The van der Waals surface area contributed by atoms with Gasteiger partial charge in [-0.1, -0.05) is 65.1 Å². The number of fused-ring (bicyclic) bond motifs is 1. The first-order valence-corrected chi connectivity index (χ1v) is 10.5. The highest BCUT2D eigenvalue weighted by atomic mass is 35.5. The van der Waals surface area contributed by atoms with Crippen molar-refractivity contribution in [2.24, 2.45) is 5.10 Å². The number of rotatable bonds is 4. The topological polar surface area (TPSA) is 54.4 Å². The lowest BCUT2D eigenvalue weighted by Crippen LogP contribution is -2.20. The van der Waals surface area contributed by atoms with Crippen LogP contribution < -0.4 is 5.43 Å². The first-order valence-electron chi connectivity index (χ1n) is 9.38. The van der Waals surface area contributed by atoms with E-state index in [0.717, 1.165) is 5.56 Å². The molecule has 4 rings (SSSR count). The Kier molecular flexibility index (Phi) is 6.23. The average molecular weight is 469 g/mol. The monoisotopic (exact) mass is 467 g/mol. The van der Waals surface area contributed by atoms with Crippen LogP contribution in [0.25, 0.3) is 22.2 Å². The maximum Gasteiger partial charge on any atom is 0.272 e. The third-order valence-corrected chi connectivity index (χ3v) is 5.55. The zero-order valence-electron chi connectivity index (χ0n) is 16.4. The van der Waals surface area contributed by atoms with Crippen LogP contribution in [0.15, 0.2) is 77.9 Å². The third-order valence-electron chi connectivity index (χ3n) is 4.76. The number of hydrazone groups is 1. The van der Waals surface area contributed by atoms with Gasteiger partial charge in [-0.15, -0.1) is 0 Å². The second-order valence-electron chi connectivity index (χ2n) is 6.84. The van der Waals surface area contributed by atoms with Crippen molar-refractivity contribution in [2.75, 3.05) is 0 Å². The smallest absolute Gasteiger partial charge is 0.267 e. The summed E-state index contributed by atoms with van der Waals surface area (Å²) in [5.41, 5.74) is 6.54. The molecule has 0 radical (unpaired) electrons. The lowest BCUT2D eigenvalue weighted by Gasteiger charge is -2.10. The molecule has 1 heterocycles. The van der Waals surface area contributed by atoms with E-state index in [-0.39, 0.29) is 5.91 Å². The Labute approximate surface area is 194 Å². The van der Waals surface area contributed by atoms with Crippen LogP contribution in [0.4, 0.5) is 0 Å². The Morgan fingerprint density at radius 1 is 0.903 bits per heavy atom. The van der Waals surface area contributed by atoms with Crippen LogP contribution in [0, 0.1) is 0 Å². The number of nitrogens with zero attached hydrogens (tertiary/aromatic N) is 2. The molecule has 0 unspecified atom stereocenters. The molecule has 0 aliphatic rings. The summed E-state index contributed by atoms with van der Waals surface area (Å²) in [6, 6.07) is 21.5. The molecule has 0 atom stereocenters. The van der Waals surface area contributed by atoms with Gasteiger partial charge in [0.15, 0.2) is 0 Å². The van der Waals surface area contributed by atoms with Crippen molar-refractivity contribution in [3.63, 3.8) is 0 Å². The molecule has 7 heteroatoms. The number of hydrogen-bond donors (Lipinski definition) is 1. The maximum absolute atomic E-state index is 13.0. The van der Waals surface area contributed by atoms with Gasteiger partial charge in [-0.2, -0.15) is 5.10 Å². The van der Waals surface area contributed by atoms with Gasteiger partial charge in [0, 0.05) is 21.0 Å². The van der Waals surface area contributed by atoms with E-state index in [2.05, 4.69) is 15.5 Å². The number of benzene rings is 3. The lowest BCUT2D eigenvalue weighted by molar-refractivity contribution is 0.0956. The molecule has 1 aromatic heterocycles. The quantitative estimate of drug-likeness (QED) is 0.258. The molecule has 0 saturated heterocycles. The summed E-state index contributed by atoms with van der Waals surface area (Å²) in [7, 11) is 0. The first-order chi connectivity index (χ1) is 14.9. The molecule has 0 aliphatic carbocycles. The van der Waals surface area contributed by atoms with E-state index in [0.29, 0.717) is 48.5 Å². The lowest BCUT2D eigenvalue weighted by atomic mass is 10.0. The number of hydrogen-bond acceptors (Lipinski definition) is 3. The Bertz CT molecular complexity index is 1320. The van der Waals surface area contributed by atoms with Crippen LogP contribution in [0.3, 0.4) is 0 Å². The van der Waals surface area contributed by atoms with E-state index in [4.69, 9.17) is 34.8 Å². The number of carbonyl (C=O) groups is 1. The fourth-order valence-electron chi connectivity index (χ4n) is 3.15. The molecule has 1 N–H and O–H groups in total. The molecule has 0 bridgehead atoms. The van der Waals surface area contributed by atoms with Gasteiger partial charge in [-0.25, -0.2) is 10.4 Å². The highest BCUT2D eigenvalue weighted by Crippen LogP contribution is 2.31. The van der Waals surface area contributed by atoms with Crippen molar-refractivity contribution < 1.29 is 4.79 Å². The summed E-state index contributed by atoms with van der Waals surface area (Å²) in [4.78, 5) is 17.7. The van der Waals surface area contributed by atoms with Gasteiger partial charge >= 0.3 is 0 Å². The molecule has 4 nitrogen and oxygen atoms in total. The van der Waals surface area contributed by atoms with Crippen molar-refractivity contribution in [3.8, 4) is 11.3 Å². The van der Waals surface area contributed by atoms with Gasteiger partial charge in [0.1, 0.15) is 0 Å². The van der Waals surface area contributed by atoms with Crippen molar-refractivity contribution in [2.45, 2.75) is 6.92 Å². The predicted octanol–water partition coefficient (Wildman–Crippen LogP) is 7.02. The van der Waals surface area contributed by atoms with Gasteiger partial charge in [-0.3, -0.25) is 4.79 Å². The first kappa shape index (κ1) is 21.3. The van der Waals surface area contributed by atoms with Crippen molar-refractivity contribution in [1.82, 2.24) is 10.4 Å². The van der Waals surface area contributed by atoms with E-state index in [1.54, 1.807) is 36.4 Å². The number of pyridine rings is 1. The summed E-state index contributed by atoms with van der Waals surface area (Å²) >= 11 is 18.3. The highest BCUT2D eigenvalue weighted by Gasteiger charge is 2.15. The van der Waals surface area contributed by atoms with E-state index in [1.165, 1.54) is 0 Å². The van der Waals surface area contributed by atoms with Gasteiger partial charge in [0.05, 0.1) is 27.5 Å². The minimum atomic E-state index is -0.349. The second-order valence-corrected chi connectivity index (χ2v) is 8.12. The van der Waals surface area contributed by atoms with Crippen LogP contribution in [0.2, 0.25) is 15.1 Å². The molecule has 0 spiro atoms. The molecule has 4 aromatic rings. The zero-order chi connectivity index (χ0) is 22.0. The largest absolute Gasteiger partial charge is 0.272 e. The maximum atomic E-state index is 13.0. The van der Waals surface area contributed by atoms with Crippen molar-refractivity contribution >= 4 is 57.3 Å². The van der Waals surface area contributed by atoms with E-state index >= 15 is 0 Å². The average Bonchev–Trinajstić information content (AvgIpc) is 2.77. The molecular formula is C24H16Cl3N3O. The normalized spacial score (nSPS) is 11.5. The Balaban J connectivity index is 1.72. The van der Waals surface area contributed by atoms with E-state index < -0.39 is 0 Å². The van der Waals surface area contributed by atoms with Gasteiger partial charge < -0.3 is 0 Å². The number of amides is 1.